The van der Waals surface area contributed by atoms with E-state index in [1.54, 1.807) is 6.92 Å². The van der Waals surface area contributed by atoms with Crippen molar-refractivity contribution in [3.63, 3.8) is 0 Å². The number of aldehydes is 1. The first-order valence-corrected chi connectivity index (χ1v) is 5.38. The van der Waals surface area contributed by atoms with Crippen LogP contribution in [0.15, 0.2) is 16.6 Å². The number of rotatable bonds is 3. The van der Waals surface area contributed by atoms with E-state index in [2.05, 4.69) is 15.9 Å². The minimum Gasteiger partial charge on any atom is -0.462 e. The molecule has 0 heterocycles. The molecule has 5 heteroatoms. The second-order valence-electron chi connectivity index (χ2n) is 2.70. The van der Waals surface area contributed by atoms with Gasteiger partial charge in [0.2, 0.25) is 0 Å². The summed E-state index contributed by atoms with van der Waals surface area (Å²) in [5.74, 6) is -0.535. The Bertz CT molecular complexity index is 404. The first-order valence-electron chi connectivity index (χ1n) is 4.21. The molecule has 3 nitrogen and oxygen atoms in total. The molecule has 15 heavy (non-hydrogen) atoms. The van der Waals surface area contributed by atoms with Crippen LogP contribution < -0.4 is 0 Å². The molecule has 0 atom stereocenters. The summed E-state index contributed by atoms with van der Waals surface area (Å²) in [5.41, 5.74) is 0.560. The summed E-state index contributed by atoms with van der Waals surface area (Å²) in [4.78, 5) is 22.0. The molecular formula is C10H8BrClO3. The average Bonchev–Trinajstić information content (AvgIpc) is 2.22. The Hall–Kier alpha value is -0.870. The quantitative estimate of drug-likeness (QED) is 0.635. The van der Waals surface area contributed by atoms with Gasteiger partial charge < -0.3 is 4.74 Å². The fourth-order valence-corrected chi connectivity index (χ4v) is 1.70. The lowest BCUT2D eigenvalue weighted by molar-refractivity contribution is 0.0526. The van der Waals surface area contributed by atoms with Crippen LogP contribution in [0.2, 0.25) is 5.02 Å². The number of halogens is 2. The van der Waals surface area contributed by atoms with Gasteiger partial charge in [-0.2, -0.15) is 0 Å². The molecular weight excluding hydrogens is 283 g/mol. The summed E-state index contributed by atoms with van der Waals surface area (Å²) < 4.78 is 5.30. The molecule has 0 amide bonds. The van der Waals surface area contributed by atoms with Gasteiger partial charge in [-0.25, -0.2) is 4.79 Å². The summed E-state index contributed by atoms with van der Waals surface area (Å²) in [6, 6.07) is 2.94. The molecule has 1 aromatic carbocycles. The molecule has 0 radical (unpaired) electrons. The first-order chi connectivity index (χ1) is 7.10. The molecule has 0 spiro atoms. The van der Waals surface area contributed by atoms with Crippen LogP contribution in [0.1, 0.15) is 27.6 Å². The molecule has 0 aliphatic carbocycles. The van der Waals surface area contributed by atoms with Gasteiger partial charge in [0.1, 0.15) is 6.29 Å². The highest BCUT2D eigenvalue weighted by Gasteiger charge is 2.15. The largest absolute Gasteiger partial charge is 0.462 e. The number of benzene rings is 1. The zero-order chi connectivity index (χ0) is 11.4. The molecule has 0 saturated carbocycles. The van der Waals surface area contributed by atoms with Crippen LogP contribution in [0.4, 0.5) is 0 Å². The molecule has 0 unspecified atom stereocenters. The molecule has 80 valence electrons. The Morgan fingerprint density at radius 3 is 2.80 bits per heavy atom. The van der Waals surface area contributed by atoms with Crippen molar-refractivity contribution in [3.8, 4) is 0 Å². The van der Waals surface area contributed by atoms with E-state index in [-0.39, 0.29) is 17.2 Å². The molecule has 0 saturated heterocycles. The highest BCUT2D eigenvalue weighted by molar-refractivity contribution is 9.10. The fraction of sp³-hybridized carbons (Fsp3) is 0.200. The standard InChI is InChI=1S/C10H8BrClO3/c1-2-15-10(14)7-3-6(5-13)4-8(11)9(7)12/h3-5H,2H2,1H3. The van der Waals surface area contributed by atoms with Crippen molar-refractivity contribution >= 4 is 39.8 Å². The number of hydrogen-bond donors (Lipinski definition) is 0. The van der Waals surface area contributed by atoms with Crippen LogP contribution in [-0.4, -0.2) is 18.9 Å². The SMILES string of the molecule is CCOC(=O)c1cc(C=O)cc(Br)c1Cl. The maximum absolute atomic E-state index is 11.4. The molecule has 0 aromatic heterocycles. The maximum Gasteiger partial charge on any atom is 0.339 e. The molecule has 0 fully saturated rings. The van der Waals surface area contributed by atoms with E-state index in [1.807, 2.05) is 0 Å². The van der Waals surface area contributed by atoms with E-state index >= 15 is 0 Å². The van der Waals surface area contributed by atoms with Crippen LogP contribution in [0.5, 0.6) is 0 Å². The first kappa shape index (κ1) is 12.2. The Kier molecular flexibility index (Phi) is 4.29. The van der Waals surface area contributed by atoms with Crippen molar-refractivity contribution in [3.05, 3.63) is 32.8 Å². The van der Waals surface area contributed by atoms with Gasteiger partial charge in [-0.3, -0.25) is 4.79 Å². The lowest BCUT2D eigenvalue weighted by Gasteiger charge is -2.06. The van der Waals surface area contributed by atoms with Gasteiger partial charge in [0, 0.05) is 10.0 Å². The zero-order valence-corrected chi connectivity index (χ0v) is 10.3. The normalized spacial score (nSPS) is 9.80. The van der Waals surface area contributed by atoms with E-state index < -0.39 is 5.97 Å². The minimum atomic E-state index is -0.535. The van der Waals surface area contributed by atoms with Gasteiger partial charge in [-0.1, -0.05) is 11.6 Å². The second kappa shape index (κ2) is 5.28. The molecule has 1 rings (SSSR count). The van der Waals surface area contributed by atoms with Gasteiger partial charge in [0.15, 0.2) is 0 Å². The smallest absolute Gasteiger partial charge is 0.339 e. The van der Waals surface area contributed by atoms with Gasteiger partial charge >= 0.3 is 5.97 Å². The van der Waals surface area contributed by atoms with Crippen molar-refractivity contribution in [1.29, 1.82) is 0 Å². The summed E-state index contributed by atoms with van der Waals surface area (Å²) in [6.45, 7) is 1.96. The average molecular weight is 292 g/mol. The van der Waals surface area contributed by atoms with Crippen LogP contribution in [0.25, 0.3) is 0 Å². The van der Waals surface area contributed by atoms with Crippen LogP contribution in [0, 0.1) is 0 Å². The highest BCUT2D eigenvalue weighted by atomic mass is 79.9. The monoisotopic (exact) mass is 290 g/mol. The topological polar surface area (TPSA) is 43.4 Å². The van der Waals surface area contributed by atoms with Crippen LogP contribution in [-0.2, 0) is 4.74 Å². The van der Waals surface area contributed by atoms with Crippen molar-refractivity contribution in [1.82, 2.24) is 0 Å². The molecule has 0 N–H and O–H groups in total. The zero-order valence-electron chi connectivity index (χ0n) is 7.92. The highest BCUT2D eigenvalue weighted by Crippen LogP contribution is 2.28. The van der Waals surface area contributed by atoms with E-state index in [4.69, 9.17) is 16.3 Å². The van der Waals surface area contributed by atoms with Gasteiger partial charge in [-0.15, -0.1) is 0 Å². The van der Waals surface area contributed by atoms with E-state index in [1.165, 1.54) is 12.1 Å². The summed E-state index contributed by atoms with van der Waals surface area (Å²) in [6.07, 6.45) is 0.643. The number of ether oxygens (including phenoxy) is 1. The summed E-state index contributed by atoms with van der Waals surface area (Å²) in [5, 5.41) is 0.249. The summed E-state index contributed by atoms with van der Waals surface area (Å²) in [7, 11) is 0. The third-order valence-electron chi connectivity index (χ3n) is 1.68. The van der Waals surface area contributed by atoms with Crippen molar-refractivity contribution in [2.45, 2.75) is 6.92 Å². The molecule has 0 aliphatic rings. The van der Waals surface area contributed by atoms with Gasteiger partial charge in [0.25, 0.3) is 0 Å². The number of carbonyl (C=O) groups is 2. The predicted molar refractivity (Wildman–Crippen MR) is 60.5 cm³/mol. The third kappa shape index (κ3) is 2.79. The Labute approximate surface area is 100 Å². The van der Waals surface area contributed by atoms with Crippen molar-refractivity contribution in [2.24, 2.45) is 0 Å². The van der Waals surface area contributed by atoms with Gasteiger partial charge in [0.05, 0.1) is 17.2 Å². The van der Waals surface area contributed by atoms with Crippen LogP contribution in [0.3, 0.4) is 0 Å². The lowest BCUT2D eigenvalue weighted by atomic mass is 10.1. The maximum atomic E-state index is 11.4. The molecule has 1 aromatic rings. The minimum absolute atomic E-state index is 0.190. The fourth-order valence-electron chi connectivity index (χ4n) is 1.04. The Morgan fingerprint density at radius 2 is 2.27 bits per heavy atom. The summed E-state index contributed by atoms with van der Waals surface area (Å²) >= 11 is 9.05. The van der Waals surface area contributed by atoms with E-state index in [9.17, 15) is 9.59 Å². The number of carbonyl (C=O) groups excluding carboxylic acids is 2. The number of hydrogen-bond acceptors (Lipinski definition) is 3. The Balaban J connectivity index is 3.21. The van der Waals surface area contributed by atoms with E-state index in [0.717, 1.165) is 0 Å². The Morgan fingerprint density at radius 1 is 1.60 bits per heavy atom. The van der Waals surface area contributed by atoms with Crippen molar-refractivity contribution < 1.29 is 14.3 Å². The predicted octanol–water partition coefficient (Wildman–Crippen LogP) is 3.09. The lowest BCUT2D eigenvalue weighted by Crippen LogP contribution is -2.06. The van der Waals surface area contributed by atoms with Crippen LogP contribution >= 0.6 is 27.5 Å². The number of esters is 1. The molecule has 0 aliphatic heterocycles. The molecule has 0 bridgehead atoms. The second-order valence-corrected chi connectivity index (χ2v) is 3.93. The third-order valence-corrected chi connectivity index (χ3v) is 2.94. The van der Waals surface area contributed by atoms with Crippen molar-refractivity contribution in [2.75, 3.05) is 6.61 Å². The van der Waals surface area contributed by atoms with Gasteiger partial charge in [-0.05, 0) is 35.0 Å². The van der Waals surface area contributed by atoms with E-state index in [0.29, 0.717) is 16.3 Å².